The third kappa shape index (κ3) is 5.06. The van der Waals surface area contributed by atoms with Gasteiger partial charge >= 0.3 is 0 Å². The zero-order chi connectivity index (χ0) is 13.4. The normalized spacial score (nSPS) is 12.9. The van der Waals surface area contributed by atoms with E-state index in [1.807, 2.05) is 10.9 Å². The lowest BCUT2D eigenvalue weighted by Crippen LogP contribution is -2.27. The standard InChI is InChI=1S/C13H26N4O/c1-5-16(6-2)7-8-17-10-13(9-14-17)15-12(3)11-18-4/h9-10,12,15H,5-8,11H2,1-4H3. The highest BCUT2D eigenvalue weighted by Crippen LogP contribution is 2.07. The van der Waals surface area contributed by atoms with E-state index in [2.05, 4.69) is 42.3 Å². The summed E-state index contributed by atoms with van der Waals surface area (Å²) in [5.74, 6) is 0. The molecule has 5 heteroatoms. The molecule has 1 aromatic heterocycles. The molecule has 1 rings (SSSR count). The van der Waals surface area contributed by atoms with Gasteiger partial charge in [-0.15, -0.1) is 0 Å². The maximum Gasteiger partial charge on any atom is 0.0729 e. The third-order valence-corrected chi connectivity index (χ3v) is 3.00. The van der Waals surface area contributed by atoms with Crippen LogP contribution in [-0.4, -0.2) is 54.1 Å². The predicted molar refractivity (Wildman–Crippen MR) is 75.0 cm³/mol. The summed E-state index contributed by atoms with van der Waals surface area (Å²) in [7, 11) is 1.71. The van der Waals surface area contributed by atoms with Gasteiger partial charge in [0.25, 0.3) is 0 Å². The molecular weight excluding hydrogens is 228 g/mol. The van der Waals surface area contributed by atoms with Crippen LogP contribution in [0, 0.1) is 0 Å². The predicted octanol–water partition coefficient (Wildman–Crippen LogP) is 1.67. The minimum absolute atomic E-state index is 0.301. The van der Waals surface area contributed by atoms with Crippen molar-refractivity contribution in [3.8, 4) is 0 Å². The Morgan fingerprint density at radius 2 is 2.17 bits per heavy atom. The molecule has 1 unspecified atom stereocenters. The Morgan fingerprint density at radius 3 is 2.78 bits per heavy atom. The van der Waals surface area contributed by atoms with E-state index in [1.54, 1.807) is 7.11 Å². The number of methoxy groups -OCH3 is 1. The number of rotatable bonds is 9. The van der Waals surface area contributed by atoms with Gasteiger partial charge in [-0.05, 0) is 20.0 Å². The molecule has 5 nitrogen and oxygen atoms in total. The molecule has 0 aliphatic heterocycles. The number of likely N-dealkylation sites (N-methyl/N-ethyl adjacent to an activating group) is 1. The highest BCUT2D eigenvalue weighted by Gasteiger charge is 2.04. The van der Waals surface area contributed by atoms with E-state index in [0.29, 0.717) is 12.6 Å². The fourth-order valence-electron chi connectivity index (χ4n) is 1.92. The molecule has 0 spiro atoms. The highest BCUT2D eigenvalue weighted by molar-refractivity contribution is 5.39. The van der Waals surface area contributed by atoms with Gasteiger partial charge in [0.1, 0.15) is 0 Å². The van der Waals surface area contributed by atoms with Crippen molar-refractivity contribution in [2.24, 2.45) is 0 Å². The van der Waals surface area contributed by atoms with E-state index in [1.165, 1.54) is 0 Å². The van der Waals surface area contributed by atoms with Crippen molar-refractivity contribution in [3.05, 3.63) is 12.4 Å². The van der Waals surface area contributed by atoms with E-state index in [0.717, 1.165) is 31.9 Å². The molecule has 1 heterocycles. The quantitative estimate of drug-likeness (QED) is 0.728. The zero-order valence-corrected chi connectivity index (χ0v) is 12.0. The first-order chi connectivity index (χ1) is 8.69. The average molecular weight is 254 g/mol. The van der Waals surface area contributed by atoms with Crippen LogP contribution in [-0.2, 0) is 11.3 Å². The summed E-state index contributed by atoms with van der Waals surface area (Å²) in [6, 6.07) is 0.301. The molecule has 0 saturated carbocycles. The summed E-state index contributed by atoms with van der Waals surface area (Å²) in [4.78, 5) is 2.39. The van der Waals surface area contributed by atoms with Crippen LogP contribution in [0.2, 0.25) is 0 Å². The van der Waals surface area contributed by atoms with Crippen LogP contribution in [0.25, 0.3) is 0 Å². The van der Waals surface area contributed by atoms with Gasteiger partial charge in [0.15, 0.2) is 0 Å². The number of hydrogen-bond donors (Lipinski definition) is 1. The molecule has 18 heavy (non-hydrogen) atoms. The van der Waals surface area contributed by atoms with Crippen LogP contribution in [0.4, 0.5) is 5.69 Å². The number of aromatic nitrogens is 2. The Morgan fingerprint density at radius 1 is 1.44 bits per heavy atom. The minimum Gasteiger partial charge on any atom is -0.383 e. The SMILES string of the molecule is CCN(CC)CCn1cc(NC(C)COC)cn1. The Hall–Kier alpha value is -1.07. The minimum atomic E-state index is 0.301. The van der Waals surface area contributed by atoms with Gasteiger partial charge in [-0.3, -0.25) is 4.68 Å². The van der Waals surface area contributed by atoms with Crippen LogP contribution in [0.1, 0.15) is 20.8 Å². The molecule has 0 saturated heterocycles. The number of hydrogen-bond acceptors (Lipinski definition) is 4. The average Bonchev–Trinajstić information content (AvgIpc) is 2.78. The third-order valence-electron chi connectivity index (χ3n) is 3.00. The second-order valence-corrected chi connectivity index (χ2v) is 4.52. The molecule has 0 amide bonds. The molecule has 0 bridgehead atoms. The van der Waals surface area contributed by atoms with Gasteiger partial charge in [-0.1, -0.05) is 13.8 Å². The first-order valence-corrected chi connectivity index (χ1v) is 6.69. The van der Waals surface area contributed by atoms with Crippen LogP contribution >= 0.6 is 0 Å². The largest absolute Gasteiger partial charge is 0.383 e. The number of nitrogens with one attached hydrogen (secondary N) is 1. The van der Waals surface area contributed by atoms with Crippen LogP contribution in [0.15, 0.2) is 12.4 Å². The summed E-state index contributed by atoms with van der Waals surface area (Å²) < 4.78 is 7.08. The highest BCUT2D eigenvalue weighted by atomic mass is 16.5. The second-order valence-electron chi connectivity index (χ2n) is 4.52. The van der Waals surface area contributed by atoms with Crippen molar-refractivity contribution in [3.63, 3.8) is 0 Å². The van der Waals surface area contributed by atoms with Crippen molar-refractivity contribution in [2.45, 2.75) is 33.4 Å². The van der Waals surface area contributed by atoms with Gasteiger partial charge in [0.2, 0.25) is 0 Å². The van der Waals surface area contributed by atoms with E-state index < -0.39 is 0 Å². The van der Waals surface area contributed by atoms with Gasteiger partial charge in [-0.2, -0.15) is 5.10 Å². The second kappa shape index (κ2) is 8.11. The van der Waals surface area contributed by atoms with E-state index in [4.69, 9.17) is 4.74 Å². The zero-order valence-electron chi connectivity index (χ0n) is 12.0. The lowest BCUT2D eigenvalue weighted by molar-refractivity contribution is 0.190. The fraction of sp³-hybridized carbons (Fsp3) is 0.769. The molecular formula is C13H26N4O. The van der Waals surface area contributed by atoms with Gasteiger partial charge in [0, 0.05) is 25.9 Å². The van der Waals surface area contributed by atoms with Gasteiger partial charge in [-0.25, -0.2) is 0 Å². The smallest absolute Gasteiger partial charge is 0.0729 e. The molecule has 1 atom stereocenters. The monoisotopic (exact) mass is 254 g/mol. The molecule has 0 aliphatic rings. The van der Waals surface area contributed by atoms with Crippen LogP contribution in [0.5, 0.6) is 0 Å². The Bertz CT molecular complexity index is 323. The van der Waals surface area contributed by atoms with Crippen molar-refractivity contribution >= 4 is 5.69 Å². The van der Waals surface area contributed by atoms with Crippen molar-refractivity contribution < 1.29 is 4.74 Å². The first kappa shape index (κ1) is 15.0. The summed E-state index contributed by atoms with van der Waals surface area (Å²) >= 11 is 0. The Balaban J connectivity index is 2.38. The summed E-state index contributed by atoms with van der Waals surface area (Å²) in [5.41, 5.74) is 1.05. The number of nitrogens with zero attached hydrogens (tertiary/aromatic N) is 3. The number of ether oxygens (including phenoxy) is 1. The van der Waals surface area contributed by atoms with E-state index >= 15 is 0 Å². The van der Waals surface area contributed by atoms with E-state index in [-0.39, 0.29) is 0 Å². The fourth-order valence-corrected chi connectivity index (χ4v) is 1.92. The van der Waals surface area contributed by atoms with Crippen molar-refractivity contribution in [2.75, 3.05) is 38.7 Å². The van der Waals surface area contributed by atoms with E-state index in [9.17, 15) is 0 Å². The summed E-state index contributed by atoms with van der Waals surface area (Å²) in [5, 5.41) is 7.71. The molecule has 0 radical (unpaired) electrons. The molecule has 1 N–H and O–H groups in total. The molecule has 0 fully saturated rings. The van der Waals surface area contributed by atoms with Crippen molar-refractivity contribution in [1.29, 1.82) is 0 Å². The summed E-state index contributed by atoms with van der Waals surface area (Å²) in [6.07, 6.45) is 3.92. The topological polar surface area (TPSA) is 42.3 Å². The maximum atomic E-state index is 5.09. The lowest BCUT2D eigenvalue weighted by Gasteiger charge is -2.17. The maximum absolute atomic E-state index is 5.09. The van der Waals surface area contributed by atoms with Crippen LogP contribution in [0.3, 0.4) is 0 Å². The molecule has 0 aliphatic carbocycles. The van der Waals surface area contributed by atoms with Gasteiger partial charge in [0.05, 0.1) is 25.0 Å². The number of anilines is 1. The Kier molecular flexibility index (Phi) is 6.75. The lowest BCUT2D eigenvalue weighted by atomic mass is 10.3. The van der Waals surface area contributed by atoms with Crippen LogP contribution < -0.4 is 5.32 Å². The Labute approximate surface area is 110 Å². The molecule has 1 aromatic rings. The van der Waals surface area contributed by atoms with Gasteiger partial charge < -0.3 is 15.0 Å². The molecule has 0 aromatic carbocycles. The molecule has 104 valence electrons. The first-order valence-electron chi connectivity index (χ1n) is 6.69. The van der Waals surface area contributed by atoms with Crippen molar-refractivity contribution in [1.82, 2.24) is 14.7 Å². The summed E-state index contributed by atoms with van der Waals surface area (Å²) in [6.45, 7) is 11.3.